The molecule has 1 heterocycles. The number of hydrogen-bond donors (Lipinski definition) is 2. The van der Waals surface area contributed by atoms with Crippen LogP contribution in [0.2, 0.25) is 0 Å². The average molecular weight is 375 g/mol. The van der Waals surface area contributed by atoms with Crippen molar-refractivity contribution < 1.29 is 23.8 Å². The van der Waals surface area contributed by atoms with Crippen LogP contribution in [0.3, 0.4) is 0 Å². The molecule has 0 aliphatic heterocycles. The van der Waals surface area contributed by atoms with Crippen LogP contribution in [0.5, 0.6) is 5.75 Å². The molecular formula is C20H25NO6. The fourth-order valence-corrected chi connectivity index (χ4v) is 2.79. The normalized spacial score (nSPS) is 13.1. The minimum absolute atomic E-state index is 0.363. The largest absolute Gasteiger partial charge is 0.481 e. The summed E-state index contributed by atoms with van der Waals surface area (Å²) in [7, 11) is 0. The molecule has 1 amide bonds. The molecule has 146 valence electrons. The predicted molar refractivity (Wildman–Crippen MR) is 101 cm³/mol. The molecular weight excluding hydrogens is 350 g/mol. The summed E-state index contributed by atoms with van der Waals surface area (Å²) >= 11 is 0. The molecule has 0 radical (unpaired) electrons. The minimum atomic E-state index is -1.07. The van der Waals surface area contributed by atoms with Gasteiger partial charge in [-0.3, -0.25) is 4.79 Å². The van der Waals surface area contributed by atoms with Gasteiger partial charge in [-0.25, -0.2) is 9.59 Å². The molecule has 7 nitrogen and oxygen atoms in total. The smallest absolute Gasteiger partial charge is 0.336 e. The van der Waals surface area contributed by atoms with Gasteiger partial charge in [0.1, 0.15) is 17.4 Å². The Labute approximate surface area is 157 Å². The molecule has 0 unspecified atom stereocenters. The molecule has 0 aliphatic carbocycles. The monoisotopic (exact) mass is 375 g/mol. The van der Waals surface area contributed by atoms with Crippen LogP contribution in [-0.4, -0.2) is 29.1 Å². The average Bonchev–Trinajstić information content (AvgIpc) is 2.63. The van der Waals surface area contributed by atoms with Crippen molar-refractivity contribution in [1.29, 1.82) is 0 Å². The first-order valence-corrected chi connectivity index (χ1v) is 9.12. The summed E-state index contributed by atoms with van der Waals surface area (Å²) in [5, 5.41) is 12.5. The number of ether oxygens (including phenoxy) is 1. The molecule has 2 rings (SSSR count). The van der Waals surface area contributed by atoms with E-state index >= 15 is 0 Å². The van der Waals surface area contributed by atoms with E-state index in [2.05, 4.69) is 5.32 Å². The number of carboxylic acids is 1. The maximum absolute atomic E-state index is 12.3. The highest BCUT2D eigenvalue weighted by atomic mass is 16.5. The van der Waals surface area contributed by atoms with Gasteiger partial charge in [-0.15, -0.1) is 0 Å². The lowest BCUT2D eigenvalue weighted by Gasteiger charge is -2.19. The maximum Gasteiger partial charge on any atom is 0.336 e. The zero-order valence-electron chi connectivity index (χ0n) is 15.8. The van der Waals surface area contributed by atoms with Crippen molar-refractivity contribution in [2.75, 3.05) is 0 Å². The molecule has 0 spiro atoms. The van der Waals surface area contributed by atoms with E-state index in [9.17, 15) is 19.5 Å². The van der Waals surface area contributed by atoms with Crippen molar-refractivity contribution in [3.8, 4) is 5.75 Å². The highest BCUT2D eigenvalue weighted by molar-refractivity contribution is 5.86. The number of amides is 1. The summed E-state index contributed by atoms with van der Waals surface area (Å²) in [6, 6.07) is 5.55. The van der Waals surface area contributed by atoms with Crippen LogP contribution in [0, 0.1) is 0 Å². The van der Waals surface area contributed by atoms with Crippen LogP contribution < -0.4 is 15.7 Å². The van der Waals surface area contributed by atoms with Gasteiger partial charge in [-0.1, -0.05) is 26.7 Å². The third kappa shape index (κ3) is 5.32. The number of fused-ring (bicyclic) bond motifs is 1. The SMILES string of the molecule is CCCC[C@@H](NC(=O)[C@H](C)Oc1ccc2c(CC)cc(=O)oc2c1)C(=O)O. The Kier molecular flexibility index (Phi) is 6.98. The van der Waals surface area contributed by atoms with Gasteiger partial charge in [0.25, 0.3) is 5.91 Å². The van der Waals surface area contributed by atoms with Crippen molar-refractivity contribution >= 4 is 22.8 Å². The summed E-state index contributed by atoms with van der Waals surface area (Å²) < 4.78 is 10.8. The zero-order chi connectivity index (χ0) is 20.0. The Balaban J connectivity index is 2.12. The number of rotatable bonds is 9. The van der Waals surface area contributed by atoms with Crippen LogP contribution in [0.25, 0.3) is 11.0 Å². The van der Waals surface area contributed by atoms with Gasteiger partial charge in [0.05, 0.1) is 0 Å². The second kappa shape index (κ2) is 9.21. The Hall–Kier alpha value is -2.83. The van der Waals surface area contributed by atoms with Crippen LogP contribution in [0.15, 0.2) is 33.5 Å². The summed E-state index contributed by atoms with van der Waals surface area (Å²) in [6.45, 7) is 5.44. The Morgan fingerprint density at radius 3 is 2.63 bits per heavy atom. The molecule has 1 aromatic heterocycles. The van der Waals surface area contributed by atoms with E-state index < -0.39 is 29.6 Å². The van der Waals surface area contributed by atoms with Gasteiger partial charge >= 0.3 is 11.6 Å². The lowest BCUT2D eigenvalue weighted by atomic mass is 10.1. The first-order valence-electron chi connectivity index (χ1n) is 9.12. The number of carbonyl (C=O) groups excluding carboxylic acids is 1. The first kappa shape index (κ1) is 20.5. The highest BCUT2D eigenvalue weighted by Gasteiger charge is 2.23. The number of carbonyl (C=O) groups is 2. The van der Waals surface area contributed by atoms with E-state index in [1.165, 1.54) is 13.0 Å². The van der Waals surface area contributed by atoms with Gasteiger partial charge in [-0.05, 0) is 37.5 Å². The van der Waals surface area contributed by atoms with Crippen molar-refractivity contribution in [2.24, 2.45) is 0 Å². The van der Waals surface area contributed by atoms with E-state index in [4.69, 9.17) is 9.15 Å². The van der Waals surface area contributed by atoms with E-state index in [0.717, 1.165) is 17.4 Å². The van der Waals surface area contributed by atoms with Crippen molar-refractivity contribution in [1.82, 2.24) is 5.32 Å². The van der Waals surface area contributed by atoms with E-state index in [-0.39, 0.29) is 0 Å². The number of aliphatic carboxylic acids is 1. The molecule has 27 heavy (non-hydrogen) atoms. The minimum Gasteiger partial charge on any atom is -0.481 e. The lowest BCUT2D eigenvalue weighted by molar-refractivity contribution is -0.143. The molecule has 0 bridgehead atoms. The topological polar surface area (TPSA) is 106 Å². The number of unbranched alkanes of at least 4 members (excludes halogenated alkanes) is 1. The predicted octanol–water partition coefficient (Wildman–Crippen LogP) is 2.88. The Morgan fingerprint density at radius 1 is 1.26 bits per heavy atom. The number of benzene rings is 1. The second-order valence-electron chi connectivity index (χ2n) is 6.40. The molecule has 7 heteroatoms. The van der Waals surface area contributed by atoms with Crippen LogP contribution in [-0.2, 0) is 16.0 Å². The molecule has 0 saturated carbocycles. The second-order valence-corrected chi connectivity index (χ2v) is 6.40. The van der Waals surface area contributed by atoms with Crippen molar-refractivity contribution in [3.63, 3.8) is 0 Å². The quantitative estimate of drug-likeness (QED) is 0.653. The van der Waals surface area contributed by atoms with Gasteiger partial charge < -0.3 is 19.6 Å². The Bertz CT molecular complexity index is 872. The fraction of sp³-hybridized carbons (Fsp3) is 0.450. The lowest BCUT2D eigenvalue weighted by Crippen LogP contribution is -2.46. The molecule has 2 N–H and O–H groups in total. The number of hydrogen-bond acceptors (Lipinski definition) is 5. The summed E-state index contributed by atoms with van der Waals surface area (Å²) in [4.78, 5) is 35.2. The van der Waals surface area contributed by atoms with E-state index in [1.807, 2.05) is 13.8 Å². The number of nitrogens with one attached hydrogen (secondary N) is 1. The summed E-state index contributed by atoms with van der Waals surface area (Å²) in [5.74, 6) is -1.21. The molecule has 0 saturated heterocycles. The van der Waals surface area contributed by atoms with Gasteiger partial charge in [0, 0.05) is 17.5 Å². The Morgan fingerprint density at radius 2 is 2.00 bits per heavy atom. The maximum atomic E-state index is 12.3. The fourth-order valence-electron chi connectivity index (χ4n) is 2.79. The summed E-state index contributed by atoms with van der Waals surface area (Å²) in [6.07, 6.45) is 1.71. The van der Waals surface area contributed by atoms with Gasteiger partial charge in [-0.2, -0.15) is 0 Å². The standard InChI is InChI=1S/C20H25NO6/c1-4-6-7-16(20(24)25)21-19(23)12(3)26-14-8-9-15-13(5-2)10-18(22)27-17(15)11-14/h8-12,16H,4-7H2,1-3H3,(H,21,23)(H,24,25)/t12-,16+/m0/s1. The van der Waals surface area contributed by atoms with Gasteiger partial charge in [0.15, 0.2) is 6.10 Å². The zero-order valence-corrected chi connectivity index (χ0v) is 15.8. The third-order valence-corrected chi connectivity index (χ3v) is 4.33. The number of carboxylic acid groups (broad SMARTS) is 1. The molecule has 0 fully saturated rings. The van der Waals surface area contributed by atoms with Gasteiger partial charge in [0.2, 0.25) is 0 Å². The van der Waals surface area contributed by atoms with Crippen LogP contribution in [0.1, 0.15) is 45.6 Å². The molecule has 2 aromatic rings. The number of aryl methyl sites for hydroxylation is 1. The molecule has 0 aliphatic rings. The summed E-state index contributed by atoms with van der Waals surface area (Å²) in [5.41, 5.74) is 0.817. The highest BCUT2D eigenvalue weighted by Crippen LogP contribution is 2.23. The van der Waals surface area contributed by atoms with Crippen molar-refractivity contribution in [3.05, 3.63) is 40.2 Å². The molecule has 1 aromatic carbocycles. The first-order chi connectivity index (χ1) is 12.8. The third-order valence-electron chi connectivity index (χ3n) is 4.33. The van der Waals surface area contributed by atoms with E-state index in [1.54, 1.807) is 18.2 Å². The van der Waals surface area contributed by atoms with E-state index in [0.29, 0.717) is 30.6 Å². The van der Waals surface area contributed by atoms with Crippen LogP contribution in [0.4, 0.5) is 0 Å². The van der Waals surface area contributed by atoms with Crippen molar-refractivity contribution in [2.45, 2.75) is 58.6 Å². The molecule has 2 atom stereocenters. The van der Waals surface area contributed by atoms with Crippen LogP contribution >= 0.6 is 0 Å².